The molecule has 0 radical (unpaired) electrons. The quantitative estimate of drug-likeness (QED) is 0.155. The third kappa shape index (κ3) is 6.73. The average Bonchev–Trinajstić information content (AvgIpc) is 3.89. The molecular weight excluding hydrogens is 767 g/mol. The summed E-state index contributed by atoms with van der Waals surface area (Å²) in [5.41, 5.74) is 11.5. The van der Waals surface area contributed by atoms with Gasteiger partial charge in [-0.3, -0.25) is 5.01 Å². The molecule has 0 spiro atoms. The fourth-order valence-corrected chi connectivity index (χ4v) is 14.2. The van der Waals surface area contributed by atoms with Crippen molar-refractivity contribution in [3.63, 3.8) is 0 Å². The highest BCUT2D eigenvalue weighted by Gasteiger charge is 2.67. The summed E-state index contributed by atoms with van der Waals surface area (Å²) in [5.74, 6) is 2.06. The smallest absolute Gasteiger partial charge is 0.213 e. The lowest BCUT2D eigenvalue weighted by Gasteiger charge is -2.65. The SMILES string of the molecule is CC12CCCCC1(C)C1CCC3(C)C(CCC3(O)C[n+]3c(-c4ccccc4)cc(-c4ccc(N5N=C(c6ccccc6)CC5c5ccccc5)cc4)cc3-c3ccccc3)C1CC2. The number of aliphatic hydroxyl groups is 1. The van der Waals surface area contributed by atoms with Gasteiger partial charge in [-0.25, -0.2) is 0 Å². The van der Waals surface area contributed by atoms with Gasteiger partial charge < -0.3 is 5.11 Å². The van der Waals surface area contributed by atoms with Crippen LogP contribution in [-0.2, 0) is 6.54 Å². The normalized spacial score (nSPS) is 31.2. The molecule has 0 saturated heterocycles. The van der Waals surface area contributed by atoms with E-state index in [-0.39, 0.29) is 11.5 Å². The van der Waals surface area contributed by atoms with Crippen molar-refractivity contribution in [2.24, 2.45) is 39.1 Å². The molecule has 63 heavy (non-hydrogen) atoms. The van der Waals surface area contributed by atoms with E-state index in [4.69, 9.17) is 5.10 Å². The van der Waals surface area contributed by atoms with Gasteiger partial charge in [0.05, 0.1) is 17.4 Å². The molecule has 8 unspecified atom stereocenters. The summed E-state index contributed by atoms with van der Waals surface area (Å²) in [4.78, 5) is 0. The van der Waals surface area contributed by atoms with Crippen LogP contribution in [0.15, 0.2) is 163 Å². The van der Waals surface area contributed by atoms with Gasteiger partial charge in [0.1, 0.15) is 5.60 Å². The Morgan fingerprint density at radius 2 is 1.11 bits per heavy atom. The van der Waals surface area contributed by atoms with E-state index in [9.17, 15) is 5.11 Å². The Kier molecular flexibility index (Phi) is 10.1. The number of pyridine rings is 1. The first kappa shape index (κ1) is 40.5. The minimum absolute atomic E-state index is 0.115. The number of nitrogens with zero attached hydrogens (tertiary/aromatic N) is 3. The van der Waals surface area contributed by atoms with Crippen LogP contribution in [0, 0.1) is 34.0 Å². The van der Waals surface area contributed by atoms with Crippen molar-refractivity contribution in [2.45, 2.75) is 110 Å². The molecule has 6 aromatic rings. The summed E-state index contributed by atoms with van der Waals surface area (Å²) in [5, 5.41) is 20.9. The molecule has 11 rings (SSSR count). The number of fused-ring (bicyclic) bond motifs is 5. The number of hydrazone groups is 1. The summed E-state index contributed by atoms with van der Waals surface area (Å²) >= 11 is 0. The van der Waals surface area contributed by atoms with E-state index >= 15 is 0 Å². The van der Waals surface area contributed by atoms with Crippen molar-refractivity contribution in [1.29, 1.82) is 0 Å². The van der Waals surface area contributed by atoms with Crippen LogP contribution in [0.4, 0.5) is 5.69 Å². The van der Waals surface area contributed by atoms with E-state index in [1.807, 2.05) is 0 Å². The van der Waals surface area contributed by atoms with Crippen molar-refractivity contribution in [3.05, 3.63) is 169 Å². The maximum Gasteiger partial charge on any atom is 0.213 e. The van der Waals surface area contributed by atoms with Crippen LogP contribution in [0.5, 0.6) is 0 Å². The Bertz CT molecular complexity index is 2550. The van der Waals surface area contributed by atoms with Crippen molar-refractivity contribution >= 4 is 11.4 Å². The first-order valence-electron chi connectivity index (χ1n) is 24.2. The zero-order chi connectivity index (χ0) is 42.8. The van der Waals surface area contributed by atoms with Crippen LogP contribution >= 0.6 is 0 Å². The van der Waals surface area contributed by atoms with Gasteiger partial charge in [0, 0.05) is 35.1 Å². The molecule has 0 bridgehead atoms. The molecule has 2 heterocycles. The Labute approximate surface area is 375 Å². The van der Waals surface area contributed by atoms with Crippen LogP contribution in [0.2, 0.25) is 0 Å². The zero-order valence-corrected chi connectivity index (χ0v) is 37.6. The molecule has 4 saturated carbocycles. The Hall–Kier alpha value is -5.32. The topological polar surface area (TPSA) is 39.7 Å². The van der Waals surface area contributed by atoms with Gasteiger partial charge in [0.25, 0.3) is 0 Å². The maximum absolute atomic E-state index is 13.5. The largest absolute Gasteiger partial charge is 0.383 e. The highest BCUT2D eigenvalue weighted by Crippen LogP contribution is 2.71. The fraction of sp³-hybridized carbons (Fsp3) is 0.390. The molecule has 4 fully saturated rings. The predicted octanol–water partition coefficient (Wildman–Crippen LogP) is 13.9. The van der Waals surface area contributed by atoms with Crippen LogP contribution < -0.4 is 9.58 Å². The monoisotopic (exact) mass is 831 g/mol. The van der Waals surface area contributed by atoms with Crippen molar-refractivity contribution in [1.82, 2.24) is 0 Å². The fourth-order valence-electron chi connectivity index (χ4n) is 14.2. The first-order chi connectivity index (χ1) is 30.7. The summed E-state index contributed by atoms with van der Waals surface area (Å²) in [6.45, 7) is 8.39. The third-order valence-corrected chi connectivity index (χ3v) is 18.1. The predicted molar refractivity (Wildman–Crippen MR) is 258 cm³/mol. The Morgan fingerprint density at radius 3 is 1.75 bits per heavy atom. The molecule has 5 aromatic carbocycles. The molecule has 4 nitrogen and oxygen atoms in total. The minimum Gasteiger partial charge on any atom is -0.383 e. The Balaban J connectivity index is 0.973. The van der Waals surface area contributed by atoms with Gasteiger partial charge in [0.2, 0.25) is 11.4 Å². The summed E-state index contributed by atoms with van der Waals surface area (Å²) < 4.78 is 2.50. The van der Waals surface area contributed by atoms with E-state index in [0.29, 0.717) is 29.2 Å². The van der Waals surface area contributed by atoms with Crippen LogP contribution in [0.25, 0.3) is 33.6 Å². The van der Waals surface area contributed by atoms with Crippen molar-refractivity contribution < 1.29 is 9.67 Å². The van der Waals surface area contributed by atoms with Gasteiger partial charge in [0.15, 0.2) is 6.54 Å². The standard InChI is InChI=1S/C59H64N3O/c1-56-33-16-17-34-57(56,2)50-31-36-58(3)51(49(50)30-35-56)32-37-59(58,63)41-61-53(44-20-10-5-11-21-44)38-47(39-54(61)45-22-12-6-13-23-45)42-26-28-48(29-27-42)62-55(46-24-14-7-15-25-46)40-52(60-62)43-18-8-4-9-19-43/h4-15,18-29,38-39,49-51,55,63H,16-17,30-37,40-41H2,1-3H3/q+1. The summed E-state index contributed by atoms with van der Waals surface area (Å²) in [7, 11) is 0. The van der Waals surface area contributed by atoms with Gasteiger partial charge >= 0.3 is 0 Å². The molecule has 4 heteroatoms. The van der Waals surface area contributed by atoms with E-state index < -0.39 is 5.60 Å². The number of benzene rings is 5. The number of hydrogen-bond acceptors (Lipinski definition) is 3. The van der Waals surface area contributed by atoms with Gasteiger partial charge in [-0.15, -0.1) is 0 Å². The average molecular weight is 831 g/mol. The molecular formula is C59H64N3O+. The second kappa shape index (κ2) is 15.7. The van der Waals surface area contributed by atoms with E-state index in [1.165, 1.54) is 72.8 Å². The van der Waals surface area contributed by atoms with Crippen LogP contribution in [0.3, 0.4) is 0 Å². The third-order valence-electron chi connectivity index (χ3n) is 18.1. The first-order valence-corrected chi connectivity index (χ1v) is 24.2. The maximum atomic E-state index is 13.5. The molecule has 8 atom stereocenters. The van der Waals surface area contributed by atoms with E-state index in [0.717, 1.165) is 60.0 Å². The molecule has 1 N–H and O–H groups in total. The summed E-state index contributed by atoms with van der Waals surface area (Å²) in [6, 6.07) is 57.1. The van der Waals surface area contributed by atoms with Crippen molar-refractivity contribution in [3.8, 4) is 33.6 Å². The van der Waals surface area contributed by atoms with Crippen LogP contribution in [0.1, 0.15) is 109 Å². The van der Waals surface area contributed by atoms with Gasteiger partial charge in [-0.1, -0.05) is 143 Å². The number of anilines is 1. The van der Waals surface area contributed by atoms with E-state index in [2.05, 4.69) is 188 Å². The molecule has 1 aliphatic heterocycles. The molecule has 1 aromatic heterocycles. The van der Waals surface area contributed by atoms with Crippen LogP contribution in [-0.4, -0.2) is 16.4 Å². The zero-order valence-electron chi connectivity index (χ0n) is 37.6. The lowest BCUT2D eigenvalue weighted by atomic mass is 9.40. The van der Waals surface area contributed by atoms with Gasteiger partial charge in [-0.2, -0.15) is 9.67 Å². The summed E-state index contributed by atoms with van der Waals surface area (Å²) in [6.07, 6.45) is 13.5. The highest BCUT2D eigenvalue weighted by atomic mass is 16.3. The number of hydrogen-bond donors (Lipinski definition) is 1. The molecule has 0 amide bonds. The Morgan fingerprint density at radius 1 is 0.556 bits per heavy atom. The minimum atomic E-state index is -0.818. The second-order valence-corrected chi connectivity index (χ2v) is 20.9. The lowest BCUT2D eigenvalue weighted by molar-refractivity contribution is -0.692. The number of rotatable bonds is 8. The number of aromatic nitrogens is 1. The lowest BCUT2D eigenvalue weighted by Crippen LogP contribution is -2.61. The van der Waals surface area contributed by atoms with E-state index in [1.54, 1.807) is 0 Å². The van der Waals surface area contributed by atoms with Crippen molar-refractivity contribution in [2.75, 3.05) is 5.01 Å². The molecule has 4 aliphatic carbocycles. The van der Waals surface area contributed by atoms with Gasteiger partial charge in [-0.05, 0) is 139 Å². The second-order valence-electron chi connectivity index (χ2n) is 20.9. The molecule has 5 aliphatic rings. The highest BCUT2D eigenvalue weighted by molar-refractivity contribution is 6.03. The molecule has 320 valence electrons.